The minimum atomic E-state index is -5.14. The SMILES string of the molecule is CCCCCCCCCCCCCCCCCC(=O)[O-].O=P([O-])([O-])O.[Mg+2].[Na+]. The van der Waals surface area contributed by atoms with E-state index >= 15 is 0 Å². The van der Waals surface area contributed by atoms with Gasteiger partial charge in [-0.1, -0.05) is 96.8 Å². The third kappa shape index (κ3) is 52.2. The fourth-order valence-electron chi connectivity index (χ4n) is 2.64. The largest absolute Gasteiger partial charge is 2.00 e. The predicted octanol–water partition coefficient (Wildman–Crippen LogP) is -0.572. The molecule has 6 nitrogen and oxygen atoms in total. The summed E-state index contributed by atoms with van der Waals surface area (Å²) in [6.45, 7) is 2.27. The van der Waals surface area contributed by atoms with Crippen molar-refractivity contribution in [3.8, 4) is 0 Å². The van der Waals surface area contributed by atoms with Crippen LogP contribution in [0.15, 0.2) is 0 Å². The predicted molar refractivity (Wildman–Crippen MR) is 100 cm³/mol. The molecule has 27 heavy (non-hydrogen) atoms. The van der Waals surface area contributed by atoms with Crippen molar-refractivity contribution in [3.63, 3.8) is 0 Å². The summed E-state index contributed by atoms with van der Waals surface area (Å²) in [5.41, 5.74) is 0. The molecule has 0 amide bonds. The maximum absolute atomic E-state index is 10.2. The van der Waals surface area contributed by atoms with E-state index in [0.29, 0.717) is 0 Å². The molecule has 0 aliphatic heterocycles. The molecule has 0 saturated carbocycles. The molecular formula is C18H36MgNaO6P. The summed E-state index contributed by atoms with van der Waals surface area (Å²) in [5.74, 6) is -0.903. The van der Waals surface area contributed by atoms with Crippen molar-refractivity contribution < 1.29 is 58.7 Å². The molecule has 0 radical (unpaired) electrons. The van der Waals surface area contributed by atoms with Crippen LogP contribution in [0.5, 0.6) is 0 Å². The van der Waals surface area contributed by atoms with Gasteiger partial charge in [-0.25, -0.2) is 0 Å². The van der Waals surface area contributed by atoms with E-state index in [4.69, 9.17) is 19.2 Å². The maximum atomic E-state index is 10.2. The van der Waals surface area contributed by atoms with Gasteiger partial charge in [-0.3, -0.25) is 0 Å². The molecule has 0 atom stereocenters. The van der Waals surface area contributed by atoms with Crippen LogP contribution in [-0.4, -0.2) is 33.9 Å². The van der Waals surface area contributed by atoms with Gasteiger partial charge in [0.2, 0.25) is 0 Å². The van der Waals surface area contributed by atoms with Crippen LogP contribution in [0.4, 0.5) is 0 Å². The molecule has 0 aromatic carbocycles. The van der Waals surface area contributed by atoms with Crippen LogP contribution in [0, 0.1) is 0 Å². The van der Waals surface area contributed by atoms with Crippen LogP contribution in [0.3, 0.4) is 0 Å². The average Bonchev–Trinajstić information content (AvgIpc) is 2.49. The molecule has 0 aliphatic carbocycles. The normalized spacial score (nSPS) is 10.2. The van der Waals surface area contributed by atoms with Gasteiger partial charge < -0.3 is 29.1 Å². The number of aliphatic carboxylic acids is 1. The number of phosphoric acid groups is 1. The van der Waals surface area contributed by atoms with E-state index < -0.39 is 13.8 Å². The Hall–Kier alpha value is 1.35. The van der Waals surface area contributed by atoms with E-state index in [0.717, 1.165) is 12.8 Å². The molecule has 0 fully saturated rings. The second-order valence-corrected chi connectivity index (χ2v) is 7.48. The number of hydrogen-bond acceptors (Lipinski definition) is 5. The van der Waals surface area contributed by atoms with E-state index in [9.17, 15) is 9.90 Å². The average molecular weight is 427 g/mol. The fraction of sp³-hybridized carbons (Fsp3) is 0.944. The Kier molecular flexibility index (Phi) is 36.2. The van der Waals surface area contributed by atoms with Crippen LogP contribution < -0.4 is 44.5 Å². The van der Waals surface area contributed by atoms with Crippen LogP contribution in [0.2, 0.25) is 0 Å². The van der Waals surface area contributed by atoms with Crippen molar-refractivity contribution in [1.82, 2.24) is 0 Å². The fourth-order valence-corrected chi connectivity index (χ4v) is 2.64. The van der Waals surface area contributed by atoms with Crippen LogP contribution >= 0.6 is 7.82 Å². The third-order valence-electron chi connectivity index (χ3n) is 3.98. The van der Waals surface area contributed by atoms with Crippen molar-refractivity contribution in [1.29, 1.82) is 0 Å². The first kappa shape index (κ1) is 35.8. The Morgan fingerprint density at radius 3 is 1.19 bits per heavy atom. The Bertz CT molecular complexity index is 334. The van der Waals surface area contributed by atoms with E-state index in [1.807, 2.05) is 0 Å². The van der Waals surface area contributed by atoms with Crippen molar-refractivity contribution in [2.45, 2.75) is 110 Å². The van der Waals surface area contributed by atoms with E-state index in [1.54, 1.807) is 0 Å². The summed E-state index contributed by atoms with van der Waals surface area (Å²) in [4.78, 5) is 34.5. The molecule has 0 rings (SSSR count). The summed E-state index contributed by atoms with van der Waals surface area (Å²) < 4.78 is 8.66. The monoisotopic (exact) mass is 426 g/mol. The second-order valence-electron chi connectivity index (χ2n) is 6.54. The Labute approximate surface area is 204 Å². The smallest absolute Gasteiger partial charge is 0.790 e. The number of rotatable bonds is 16. The van der Waals surface area contributed by atoms with Gasteiger partial charge in [0.15, 0.2) is 0 Å². The van der Waals surface area contributed by atoms with Crippen molar-refractivity contribution in [2.24, 2.45) is 0 Å². The van der Waals surface area contributed by atoms with Gasteiger partial charge in [-0.2, -0.15) is 0 Å². The molecular weight excluding hydrogens is 390 g/mol. The van der Waals surface area contributed by atoms with Gasteiger partial charge in [-0.05, 0) is 12.8 Å². The summed E-state index contributed by atoms with van der Waals surface area (Å²) in [6.07, 6.45) is 19.9. The van der Waals surface area contributed by atoms with E-state index in [1.165, 1.54) is 83.5 Å². The number of hydrogen-bond donors (Lipinski definition) is 1. The Morgan fingerprint density at radius 2 is 0.963 bits per heavy atom. The first-order valence-electron chi connectivity index (χ1n) is 9.72. The number of carbonyl (C=O) groups is 1. The molecule has 0 bridgehead atoms. The van der Waals surface area contributed by atoms with Crippen LogP contribution in [0.1, 0.15) is 110 Å². The van der Waals surface area contributed by atoms with Crippen LogP contribution in [-0.2, 0) is 9.36 Å². The number of carbonyl (C=O) groups excluding carboxylic acids is 1. The molecule has 0 heterocycles. The van der Waals surface area contributed by atoms with E-state index in [-0.39, 0.29) is 59.0 Å². The quantitative estimate of drug-likeness (QED) is 0.200. The number of unbranched alkanes of at least 4 members (excludes halogenated alkanes) is 14. The van der Waals surface area contributed by atoms with Crippen molar-refractivity contribution in [3.05, 3.63) is 0 Å². The van der Waals surface area contributed by atoms with Gasteiger partial charge in [0.1, 0.15) is 0 Å². The third-order valence-corrected chi connectivity index (χ3v) is 3.98. The zero-order valence-corrected chi connectivity index (χ0v) is 21.8. The summed E-state index contributed by atoms with van der Waals surface area (Å²) in [5, 5.41) is 10.2. The molecule has 0 aliphatic rings. The number of carboxylic acid groups (broad SMARTS) is 1. The standard InChI is InChI=1S/C18H36O2.Mg.Na.H3O4P/c1-2-3-4-5-6-7-8-9-10-11-12-13-14-15-16-17-18(19)20;;;1-5(2,3)4/h2-17H2,1H3,(H,19,20);;;(H3,1,2,3,4)/q;+2;+1;/p-3. The number of carboxylic acids is 1. The first-order chi connectivity index (χ1) is 11.8. The summed E-state index contributed by atoms with van der Waals surface area (Å²) in [6, 6.07) is 0. The minimum Gasteiger partial charge on any atom is -0.790 e. The zero-order valence-electron chi connectivity index (χ0n) is 17.5. The van der Waals surface area contributed by atoms with Gasteiger partial charge in [0.05, 0.1) is 7.82 Å². The molecule has 1 N–H and O–H groups in total. The van der Waals surface area contributed by atoms with Gasteiger partial charge >= 0.3 is 52.6 Å². The molecule has 9 heteroatoms. The topological polar surface area (TPSA) is 124 Å². The molecule has 152 valence electrons. The Morgan fingerprint density at radius 1 is 0.741 bits per heavy atom. The zero-order chi connectivity index (χ0) is 19.4. The molecule has 0 saturated heterocycles. The van der Waals surface area contributed by atoms with Gasteiger partial charge in [-0.15, -0.1) is 0 Å². The summed E-state index contributed by atoms with van der Waals surface area (Å²) >= 11 is 0. The molecule has 0 aromatic heterocycles. The van der Waals surface area contributed by atoms with Crippen molar-refractivity contribution in [2.75, 3.05) is 0 Å². The maximum Gasteiger partial charge on any atom is 2.00 e. The van der Waals surface area contributed by atoms with E-state index in [2.05, 4.69) is 6.92 Å². The second kappa shape index (κ2) is 27.3. The molecule has 0 spiro atoms. The minimum absolute atomic E-state index is 0. The molecule has 0 aromatic rings. The molecule has 0 unspecified atom stereocenters. The van der Waals surface area contributed by atoms with Gasteiger partial charge in [0, 0.05) is 5.97 Å². The van der Waals surface area contributed by atoms with Crippen molar-refractivity contribution >= 4 is 36.8 Å². The Balaban J connectivity index is -0.000000333. The first-order valence-corrected chi connectivity index (χ1v) is 11.2. The van der Waals surface area contributed by atoms with Gasteiger partial charge in [0.25, 0.3) is 0 Å². The summed E-state index contributed by atoms with van der Waals surface area (Å²) in [7, 11) is -5.14. The van der Waals surface area contributed by atoms with Crippen LogP contribution in [0.25, 0.3) is 0 Å².